The lowest BCUT2D eigenvalue weighted by molar-refractivity contribution is -0.0494. The number of rotatable bonds is 7. The van der Waals surface area contributed by atoms with Crippen LogP contribution in [0.15, 0.2) is 53.1 Å². The number of aromatic nitrogens is 2. The minimum atomic E-state index is -2.91. The zero-order valence-corrected chi connectivity index (χ0v) is 16.8. The molecule has 1 fully saturated rings. The molecule has 2 heterocycles. The predicted octanol–water partition coefficient (Wildman–Crippen LogP) is 3.96. The third-order valence-corrected chi connectivity index (χ3v) is 5.12. The number of ether oxygens (including phenoxy) is 1. The molecule has 0 amide bonds. The third kappa shape index (κ3) is 5.20. The number of halogens is 2. The molecule has 0 bridgehead atoms. The molecule has 0 spiro atoms. The van der Waals surface area contributed by atoms with Gasteiger partial charge in [-0.3, -0.25) is 9.80 Å². The van der Waals surface area contributed by atoms with E-state index >= 15 is 0 Å². The second-order valence-corrected chi connectivity index (χ2v) is 7.43. The summed E-state index contributed by atoms with van der Waals surface area (Å²) in [6, 6.07) is 15.0. The molecule has 6 nitrogen and oxygen atoms in total. The lowest BCUT2D eigenvalue weighted by Crippen LogP contribution is -2.45. The normalized spacial score (nSPS) is 15.6. The highest BCUT2D eigenvalue weighted by Crippen LogP contribution is 2.29. The van der Waals surface area contributed by atoms with Crippen LogP contribution in [-0.2, 0) is 13.1 Å². The van der Waals surface area contributed by atoms with Gasteiger partial charge in [0.05, 0.1) is 12.1 Å². The van der Waals surface area contributed by atoms with Gasteiger partial charge in [0, 0.05) is 32.7 Å². The molecule has 1 aliphatic rings. The first-order valence-electron chi connectivity index (χ1n) is 9.94. The third-order valence-electron chi connectivity index (χ3n) is 5.12. The minimum absolute atomic E-state index is 0.0320. The summed E-state index contributed by atoms with van der Waals surface area (Å²) in [7, 11) is 0. The number of hydrogen-bond donors (Lipinski definition) is 0. The van der Waals surface area contributed by atoms with Gasteiger partial charge < -0.3 is 9.26 Å². The van der Waals surface area contributed by atoms with Gasteiger partial charge in [0.25, 0.3) is 0 Å². The molecule has 1 aromatic heterocycles. The number of piperazine rings is 1. The Hall–Kier alpha value is -2.84. The molecule has 0 aliphatic carbocycles. The quantitative estimate of drug-likeness (QED) is 0.583. The Morgan fingerprint density at radius 1 is 1.00 bits per heavy atom. The van der Waals surface area contributed by atoms with E-state index in [4.69, 9.17) is 4.52 Å². The highest BCUT2D eigenvalue weighted by Gasteiger charge is 2.21. The van der Waals surface area contributed by atoms with Crippen LogP contribution in [0.3, 0.4) is 0 Å². The van der Waals surface area contributed by atoms with E-state index in [1.807, 2.05) is 0 Å². The van der Waals surface area contributed by atoms with Crippen molar-refractivity contribution in [3.8, 4) is 17.1 Å². The lowest BCUT2D eigenvalue weighted by atomic mass is 10.1. The van der Waals surface area contributed by atoms with Gasteiger partial charge in [-0.1, -0.05) is 47.1 Å². The van der Waals surface area contributed by atoms with E-state index in [0.29, 0.717) is 18.0 Å². The maximum Gasteiger partial charge on any atom is 0.387 e. The van der Waals surface area contributed by atoms with E-state index in [9.17, 15) is 8.78 Å². The summed E-state index contributed by atoms with van der Waals surface area (Å²) >= 11 is 0. The summed E-state index contributed by atoms with van der Waals surface area (Å²) < 4.78 is 35.2. The van der Waals surface area contributed by atoms with Gasteiger partial charge in [0.15, 0.2) is 0 Å². The molecular formula is C22H24F2N4O2. The maximum absolute atomic E-state index is 12.6. The highest BCUT2D eigenvalue weighted by molar-refractivity contribution is 5.63. The topological polar surface area (TPSA) is 54.6 Å². The molecule has 8 heteroatoms. The van der Waals surface area contributed by atoms with Crippen LogP contribution in [0.1, 0.15) is 17.0 Å². The lowest BCUT2D eigenvalue weighted by Gasteiger charge is -2.33. The van der Waals surface area contributed by atoms with Gasteiger partial charge in [-0.2, -0.15) is 13.8 Å². The van der Waals surface area contributed by atoms with Crippen molar-refractivity contribution in [3.05, 3.63) is 65.5 Å². The molecular weight excluding hydrogens is 390 g/mol. The van der Waals surface area contributed by atoms with Crippen molar-refractivity contribution in [2.24, 2.45) is 0 Å². The zero-order chi connectivity index (χ0) is 20.9. The minimum Gasteiger partial charge on any atom is -0.434 e. The van der Waals surface area contributed by atoms with Crippen LogP contribution in [0.5, 0.6) is 5.75 Å². The van der Waals surface area contributed by atoms with Gasteiger partial charge in [0.2, 0.25) is 11.7 Å². The summed E-state index contributed by atoms with van der Waals surface area (Å²) in [6.45, 7) is 4.39. The number of alkyl halides is 2. The second-order valence-electron chi connectivity index (χ2n) is 7.43. The largest absolute Gasteiger partial charge is 0.434 e. The smallest absolute Gasteiger partial charge is 0.387 e. The SMILES string of the molecule is Cc1cccc(CN2CCN(Cc3nc(-c4ccccc4OC(F)F)no3)CC2)c1. The molecule has 4 rings (SSSR count). The molecule has 0 radical (unpaired) electrons. The molecule has 0 atom stereocenters. The summed E-state index contributed by atoms with van der Waals surface area (Å²) in [5.41, 5.74) is 2.99. The van der Waals surface area contributed by atoms with Gasteiger partial charge in [-0.15, -0.1) is 0 Å². The van der Waals surface area contributed by atoms with Crippen molar-refractivity contribution in [3.63, 3.8) is 0 Å². The van der Waals surface area contributed by atoms with Gasteiger partial charge in [-0.05, 0) is 24.6 Å². The summed E-state index contributed by atoms with van der Waals surface area (Å²) in [5, 5.41) is 3.95. The van der Waals surface area contributed by atoms with Crippen molar-refractivity contribution in [1.29, 1.82) is 0 Å². The molecule has 1 saturated heterocycles. The van der Waals surface area contributed by atoms with Crippen LogP contribution in [0.4, 0.5) is 8.78 Å². The first-order chi connectivity index (χ1) is 14.6. The molecule has 2 aromatic carbocycles. The first kappa shape index (κ1) is 20.4. The van der Waals surface area contributed by atoms with Crippen LogP contribution in [0.2, 0.25) is 0 Å². The van der Waals surface area contributed by atoms with E-state index in [2.05, 4.69) is 55.9 Å². The zero-order valence-electron chi connectivity index (χ0n) is 16.8. The summed E-state index contributed by atoms with van der Waals surface area (Å²) in [4.78, 5) is 9.07. The highest BCUT2D eigenvalue weighted by atomic mass is 19.3. The fraction of sp³-hybridized carbons (Fsp3) is 0.364. The van der Waals surface area contributed by atoms with Gasteiger partial charge in [-0.25, -0.2) is 0 Å². The van der Waals surface area contributed by atoms with Crippen molar-refractivity contribution < 1.29 is 18.0 Å². The van der Waals surface area contributed by atoms with Crippen molar-refractivity contribution in [2.45, 2.75) is 26.6 Å². The Morgan fingerprint density at radius 2 is 1.73 bits per heavy atom. The van der Waals surface area contributed by atoms with Crippen molar-refractivity contribution in [2.75, 3.05) is 26.2 Å². The van der Waals surface area contributed by atoms with Crippen molar-refractivity contribution >= 4 is 0 Å². The van der Waals surface area contributed by atoms with Gasteiger partial charge >= 0.3 is 6.61 Å². The molecule has 1 aliphatic heterocycles. The monoisotopic (exact) mass is 414 g/mol. The van der Waals surface area contributed by atoms with Crippen LogP contribution in [0.25, 0.3) is 11.4 Å². The Bertz CT molecular complexity index is 971. The van der Waals surface area contributed by atoms with Crippen LogP contribution in [0, 0.1) is 6.92 Å². The first-order valence-corrected chi connectivity index (χ1v) is 9.94. The van der Waals surface area contributed by atoms with Gasteiger partial charge in [0.1, 0.15) is 5.75 Å². The average Bonchev–Trinajstić information content (AvgIpc) is 3.18. The Balaban J connectivity index is 1.33. The maximum atomic E-state index is 12.6. The van der Waals surface area contributed by atoms with E-state index in [1.54, 1.807) is 18.2 Å². The number of aryl methyl sites for hydroxylation is 1. The standard InChI is InChI=1S/C22H24F2N4O2/c1-16-5-4-6-17(13-16)14-27-9-11-28(12-10-27)15-20-25-21(26-30-20)18-7-2-3-8-19(18)29-22(23)24/h2-8,13,22H,9-12,14-15H2,1H3. The molecule has 0 unspecified atom stereocenters. The van der Waals surface area contributed by atoms with Crippen LogP contribution >= 0.6 is 0 Å². The van der Waals surface area contributed by atoms with Crippen molar-refractivity contribution in [1.82, 2.24) is 19.9 Å². The Labute approximate surface area is 174 Å². The van der Waals surface area contributed by atoms with E-state index in [0.717, 1.165) is 32.7 Å². The second kappa shape index (κ2) is 9.32. The summed E-state index contributed by atoms with van der Waals surface area (Å²) in [6.07, 6.45) is 0. The fourth-order valence-corrected chi connectivity index (χ4v) is 3.64. The molecule has 3 aromatic rings. The molecule has 158 valence electrons. The summed E-state index contributed by atoms with van der Waals surface area (Å²) in [5.74, 6) is 0.743. The fourth-order valence-electron chi connectivity index (χ4n) is 3.64. The molecule has 30 heavy (non-hydrogen) atoms. The number of benzene rings is 2. The average molecular weight is 414 g/mol. The molecule has 0 N–H and O–H groups in total. The number of para-hydroxylation sites is 1. The number of hydrogen-bond acceptors (Lipinski definition) is 6. The predicted molar refractivity (Wildman–Crippen MR) is 108 cm³/mol. The van der Waals surface area contributed by atoms with Crippen LogP contribution in [-0.4, -0.2) is 52.7 Å². The van der Waals surface area contributed by atoms with Crippen LogP contribution < -0.4 is 4.74 Å². The molecule has 0 saturated carbocycles. The Kier molecular flexibility index (Phi) is 6.35. The number of nitrogens with zero attached hydrogens (tertiary/aromatic N) is 4. The van der Waals surface area contributed by atoms with E-state index in [1.165, 1.54) is 17.2 Å². The van der Waals surface area contributed by atoms with E-state index in [-0.39, 0.29) is 11.6 Å². The van der Waals surface area contributed by atoms with E-state index < -0.39 is 6.61 Å². The Morgan fingerprint density at radius 3 is 2.47 bits per heavy atom.